The largest absolute Gasteiger partial charge is 0.507 e. The number of H-pyrrole nitrogens is 2. The van der Waals surface area contributed by atoms with Gasteiger partial charge in [0.1, 0.15) is 34.8 Å². The minimum Gasteiger partial charge on any atom is -0.507 e. The zero-order chi connectivity index (χ0) is 37.1. The molecule has 7 N–H and O–H groups in total. The van der Waals surface area contributed by atoms with Gasteiger partial charge in [-0.1, -0.05) is 0 Å². The van der Waals surface area contributed by atoms with E-state index in [1.807, 2.05) is 0 Å². The highest BCUT2D eigenvalue weighted by Crippen LogP contribution is 2.27. The van der Waals surface area contributed by atoms with Crippen LogP contribution in [-0.2, 0) is 59.3 Å². The topological polar surface area (TPSA) is 259 Å². The number of ether oxygens (including phenoxy) is 5. The lowest BCUT2D eigenvalue weighted by Gasteiger charge is -2.20. The minimum atomic E-state index is -0.830. The van der Waals surface area contributed by atoms with Crippen LogP contribution in [0.1, 0.15) is 91.7 Å². The van der Waals surface area contributed by atoms with Gasteiger partial charge in [-0.05, 0) is 48.5 Å². The second-order valence-electron chi connectivity index (χ2n) is 12.7. The first-order chi connectivity index (χ1) is 22.8. The van der Waals surface area contributed by atoms with Crippen LogP contribution in [0.25, 0.3) is 0 Å². The van der Waals surface area contributed by atoms with E-state index in [0.717, 1.165) is 0 Å². The quantitative estimate of drug-likeness (QED) is 0.181. The van der Waals surface area contributed by atoms with Gasteiger partial charge >= 0.3 is 17.9 Å². The molecule has 0 atom stereocenters. The van der Waals surface area contributed by atoms with E-state index in [1.165, 1.54) is 0 Å². The second-order valence-corrected chi connectivity index (χ2v) is 12.7. The molecular weight excluding hydrogens is 684 g/mol. The Morgan fingerprint density at radius 2 is 1.24 bits per heavy atom. The van der Waals surface area contributed by atoms with Crippen LogP contribution in [-0.4, -0.2) is 88.1 Å². The molecule has 2 aliphatic heterocycles. The Kier molecular flexibility index (Phi) is 16.6. The third kappa shape index (κ3) is 13.1. The summed E-state index contributed by atoms with van der Waals surface area (Å²) in [4.78, 5) is 74.4. The molecule has 0 radical (unpaired) electrons. The summed E-state index contributed by atoms with van der Waals surface area (Å²) in [5.74, 6) is -3.28. The third-order valence-electron chi connectivity index (χ3n) is 6.35. The molecule has 2 aliphatic rings. The number of carbonyl (C=O) groups is 4. The molecule has 2 aromatic heterocycles. The number of carbonyl (C=O) groups excluding carboxylic acids is 4. The fraction of sp³-hybridized carbons (Fsp3) is 0.562. The maximum absolute atomic E-state index is 12.1. The Bertz CT molecular complexity index is 1640. The molecule has 1 amide bonds. The van der Waals surface area contributed by atoms with Crippen LogP contribution in [0.4, 0.5) is 0 Å². The molecule has 0 saturated carbocycles. The number of hydrogen-bond donors (Lipinski definition) is 6. The van der Waals surface area contributed by atoms with E-state index in [4.69, 9.17) is 29.4 Å². The molecule has 4 heterocycles. The molecule has 0 spiro atoms. The van der Waals surface area contributed by atoms with Gasteiger partial charge in [0.05, 0.1) is 51.0 Å². The number of amides is 1. The number of halogens is 1. The predicted molar refractivity (Wildman–Crippen MR) is 180 cm³/mol. The number of fused-ring (bicyclic) bond motifs is 2. The first-order valence-electron chi connectivity index (χ1n) is 15.5. The average molecular weight is 731 g/mol. The van der Waals surface area contributed by atoms with Crippen molar-refractivity contribution in [2.75, 3.05) is 32.9 Å². The van der Waals surface area contributed by atoms with Crippen molar-refractivity contribution in [2.45, 2.75) is 85.7 Å². The summed E-state index contributed by atoms with van der Waals surface area (Å²) in [5, 5.41) is 22.4. The zero-order valence-corrected chi connectivity index (χ0v) is 30.1. The smallest absolute Gasteiger partial charge is 0.347 e. The average Bonchev–Trinajstić information content (AvgIpc) is 2.99. The van der Waals surface area contributed by atoms with Gasteiger partial charge in [-0.2, -0.15) is 0 Å². The lowest BCUT2D eigenvalue weighted by atomic mass is 10.0. The maximum atomic E-state index is 12.1. The summed E-state index contributed by atoms with van der Waals surface area (Å²) >= 11 is 0. The molecular formula is C32H47ClN4O13. The molecule has 18 heteroatoms. The molecule has 0 aromatic carbocycles. The van der Waals surface area contributed by atoms with E-state index in [-0.39, 0.29) is 61.8 Å². The van der Waals surface area contributed by atoms with Gasteiger partial charge in [0.15, 0.2) is 5.56 Å². The summed E-state index contributed by atoms with van der Waals surface area (Å²) in [5.41, 5.74) is 3.83. The summed E-state index contributed by atoms with van der Waals surface area (Å²) < 4.78 is 25.0. The first kappa shape index (κ1) is 43.6. The van der Waals surface area contributed by atoms with Crippen molar-refractivity contribution >= 4 is 36.2 Å². The van der Waals surface area contributed by atoms with Crippen LogP contribution in [0.3, 0.4) is 0 Å². The van der Waals surface area contributed by atoms with Gasteiger partial charge in [-0.15, -0.1) is 12.4 Å². The lowest BCUT2D eigenvalue weighted by Crippen LogP contribution is -2.37. The fourth-order valence-corrected chi connectivity index (χ4v) is 4.44. The van der Waals surface area contributed by atoms with Gasteiger partial charge in [0.25, 0.3) is 17.0 Å². The number of rotatable bonds is 6. The number of aromatic amines is 2. The van der Waals surface area contributed by atoms with Gasteiger partial charge in [-0.25, -0.2) is 4.79 Å². The Morgan fingerprint density at radius 3 is 1.66 bits per heavy atom. The number of pyridine rings is 2. The highest BCUT2D eigenvalue weighted by atomic mass is 35.5. The van der Waals surface area contributed by atoms with Crippen molar-refractivity contribution in [3.05, 3.63) is 54.3 Å². The van der Waals surface area contributed by atoms with E-state index in [9.17, 15) is 39.0 Å². The number of nitrogens with two attached hydrogens (primary N) is 1. The van der Waals surface area contributed by atoms with E-state index in [1.54, 1.807) is 48.5 Å². The van der Waals surface area contributed by atoms with Crippen LogP contribution in [0.15, 0.2) is 9.59 Å². The van der Waals surface area contributed by atoms with Crippen LogP contribution in [0.2, 0.25) is 0 Å². The minimum absolute atomic E-state index is 0. The van der Waals surface area contributed by atoms with E-state index in [0.29, 0.717) is 48.6 Å². The summed E-state index contributed by atoms with van der Waals surface area (Å²) in [6.45, 7) is 13.1. The number of aromatic hydroxyl groups is 2. The normalized spacial score (nSPS) is 13.3. The van der Waals surface area contributed by atoms with Crippen LogP contribution >= 0.6 is 12.4 Å². The maximum Gasteiger partial charge on any atom is 0.347 e. The molecule has 0 bridgehead atoms. The van der Waals surface area contributed by atoms with Crippen molar-refractivity contribution in [3.63, 3.8) is 0 Å². The molecule has 2 aromatic rings. The van der Waals surface area contributed by atoms with Gasteiger partial charge < -0.3 is 54.9 Å². The lowest BCUT2D eigenvalue weighted by molar-refractivity contribution is -0.154. The standard InChI is InChI=1S/C15H20N2O6.C11H13NO5.C6H13NO2.ClH/c1-15(2,3)23-10(18)6-16-13(20)11-12(19)8-4-5-22-7-9(8)17-14(11)21;1-2-17-11(15)8-9(13)6-3-4-16-5-7(6)12-10(8)14;1-6(2,3)9-5(8)4-7;/h4-7H2,1-3H3,(H,16,20)(H2,17,19,21);2-5H2,1H3,(H2,12,13,14);4,7H2,1-3H3;1H. The van der Waals surface area contributed by atoms with Crippen molar-refractivity contribution in [3.8, 4) is 11.5 Å². The Morgan fingerprint density at radius 1 is 0.800 bits per heavy atom. The van der Waals surface area contributed by atoms with Crippen molar-refractivity contribution in [2.24, 2.45) is 5.73 Å². The van der Waals surface area contributed by atoms with E-state index >= 15 is 0 Å². The van der Waals surface area contributed by atoms with Crippen LogP contribution < -0.4 is 22.2 Å². The first-order valence-corrected chi connectivity index (χ1v) is 15.5. The summed E-state index contributed by atoms with van der Waals surface area (Å²) in [7, 11) is 0. The Balaban J connectivity index is 0.000000407. The van der Waals surface area contributed by atoms with Crippen molar-refractivity contribution in [1.82, 2.24) is 15.3 Å². The van der Waals surface area contributed by atoms with Gasteiger partial charge in [-0.3, -0.25) is 24.0 Å². The molecule has 280 valence electrons. The SMILES string of the molecule is CC(C)(C)OC(=O)CN.CC(C)(C)OC(=O)CNC(=O)c1c(O)c2c([nH]c1=O)COCC2.CCOC(=O)c1c(O)c2c([nH]c1=O)COCC2.Cl. The highest BCUT2D eigenvalue weighted by molar-refractivity contribution is 5.98. The molecule has 0 unspecified atom stereocenters. The van der Waals surface area contributed by atoms with Crippen LogP contribution in [0.5, 0.6) is 11.5 Å². The van der Waals surface area contributed by atoms with E-state index < -0.39 is 52.3 Å². The molecule has 4 rings (SSSR count). The molecule has 17 nitrogen and oxygen atoms in total. The van der Waals surface area contributed by atoms with Gasteiger partial charge in [0, 0.05) is 24.0 Å². The number of hydrogen-bond acceptors (Lipinski definition) is 14. The number of nitrogens with one attached hydrogen (secondary N) is 3. The van der Waals surface area contributed by atoms with Crippen LogP contribution in [0, 0.1) is 0 Å². The molecule has 0 saturated heterocycles. The van der Waals surface area contributed by atoms with Gasteiger partial charge in [0.2, 0.25) is 0 Å². The fourth-order valence-electron chi connectivity index (χ4n) is 4.44. The molecule has 50 heavy (non-hydrogen) atoms. The van der Waals surface area contributed by atoms with Crippen molar-refractivity contribution < 1.29 is 53.1 Å². The summed E-state index contributed by atoms with van der Waals surface area (Å²) in [6, 6.07) is 0. The van der Waals surface area contributed by atoms with E-state index in [2.05, 4.69) is 15.3 Å². The number of esters is 3. The Labute approximate surface area is 294 Å². The summed E-state index contributed by atoms with van der Waals surface area (Å²) in [6.07, 6.45) is 0.856. The number of aromatic nitrogens is 2. The zero-order valence-electron chi connectivity index (χ0n) is 29.2. The Hall–Kier alpha value is -4.45. The second kappa shape index (κ2) is 19.1. The highest BCUT2D eigenvalue weighted by Gasteiger charge is 2.26. The third-order valence-corrected chi connectivity index (χ3v) is 6.35. The predicted octanol–water partition coefficient (Wildman–Crippen LogP) is 1.26. The van der Waals surface area contributed by atoms with Crippen molar-refractivity contribution in [1.29, 1.82) is 0 Å². The molecule has 0 aliphatic carbocycles. The molecule has 0 fully saturated rings. The monoisotopic (exact) mass is 730 g/mol.